The average Bonchev–Trinajstić information content (AvgIpc) is 3.91. The Hall–Kier alpha value is -4.54. The lowest BCUT2D eigenvalue weighted by Crippen LogP contribution is -2.67. The van der Waals surface area contributed by atoms with E-state index in [4.69, 9.17) is 33.2 Å². The number of halogens is 9. The Labute approximate surface area is 456 Å². The molecule has 0 aromatic carbocycles. The number of ether oxygens (including phenoxy) is 8. The van der Waals surface area contributed by atoms with Gasteiger partial charge in [-0.25, -0.2) is 9.59 Å². The van der Waals surface area contributed by atoms with Gasteiger partial charge in [0.25, 0.3) is 0 Å². The van der Waals surface area contributed by atoms with Gasteiger partial charge in [-0.1, -0.05) is 26.7 Å². The monoisotopic (exact) mass is 1150 g/mol. The van der Waals surface area contributed by atoms with E-state index in [1.165, 1.54) is 27.7 Å². The molecule has 0 aromatic heterocycles. The fraction of sp³-hybridized carbons (Fsp3) is 0.873. The van der Waals surface area contributed by atoms with Crippen molar-refractivity contribution in [3.8, 4) is 0 Å². The molecule has 0 spiro atoms. The third-order valence-electron chi connectivity index (χ3n) is 16.0. The van der Waals surface area contributed by atoms with Crippen molar-refractivity contribution in [2.45, 2.75) is 240 Å². The number of hydrogen-bond acceptors (Lipinski definition) is 15. The maximum atomic E-state index is 15.5. The Morgan fingerprint density at radius 3 is 1.51 bits per heavy atom. The van der Waals surface area contributed by atoms with E-state index in [2.05, 4.69) is 4.74 Å². The van der Waals surface area contributed by atoms with Crippen LogP contribution in [-0.2, 0) is 61.9 Å². The molecule has 1 heterocycles. The first-order chi connectivity index (χ1) is 35.4. The number of carbonyl (C=O) groups is 7. The summed E-state index contributed by atoms with van der Waals surface area (Å²) in [5.74, 6) is -17.9. The quantitative estimate of drug-likeness (QED) is 0.0613. The highest BCUT2D eigenvalue weighted by molar-refractivity contribution is 6.00. The zero-order valence-electron chi connectivity index (χ0n) is 48.4. The van der Waals surface area contributed by atoms with Gasteiger partial charge >= 0.3 is 66.3 Å². The molecule has 3 aliphatic carbocycles. The number of rotatable bonds is 16. The summed E-state index contributed by atoms with van der Waals surface area (Å²) in [6.07, 6.45) is -29.2. The van der Waals surface area contributed by atoms with Crippen molar-refractivity contribution in [2.24, 2.45) is 64.1 Å². The summed E-state index contributed by atoms with van der Waals surface area (Å²) in [5, 5.41) is 0. The van der Waals surface area contributed by atoms with E-state index >= 15 is 44.3 Å². The number of hydrogen-bond donors (Lipinski definition) is 0. The Morgan fingerprint density at radius 2 is 1.05 bits per heavy atom. The standard InChI is InChI=1S/C55H81F9O15/c1-18-20-21-49(15,41(68)75-46(6,7)8)27-34-32-22-28(23-33(32)38(65)74-45(3,4)5)35(34)36-37(40(67)73-39(36)66)50(16,19-2)42(69)72-31-25-29(51(17,53(56,57)58)78-43(70)76-47(9,10)11)24-30(26-31)52(54(59,60)61,55(62,63)64)79-44(71)77-48(12,13)14/h28-37H,18-27H2,1-17H3. The lowest BCUT2D eigenvalue weighted by Gasteiger charge is -2.49. The van der Waals surface area contributed by atoms with Crippen LogP contribution in [0.4, 0.5) is 49.1 Å². The molecule has 15 nitrogen and oxygen atoms in total. The molecule has 79 heavy (non-hydrogen) atoms. The van der Waals surface area contributed by atoms with Crippen LogP contribution in [0.15, 0.2) is 0 Å². The molecule has 1 aliphatic heterocycles. The van der Waals surface area contributed by atoms with Crippen molar-refractivity contribution < 1.29 is 111 Å². The van der Waals surface area contributed by atoms with Gasteiger partial charge in [0.15, 0.2) is 0 Å². The molecule has 2 bridgehead atoms. The van der Waals surface area contributed by atoms with Crippen molar-refractivity contribution in [2.75, 3.05) is 0 Å². The molecule has 13 atom stereocenters. The summed E-state index contributed by atoms with van der Waals surface area (Å²) in [6.45, 7) is 23.3. The van der Waals surface area contributed by atoms with Crippen LogP contribution in [0.2, 0.25) is 0 Å². The van der Waals surface area contributed by atoms with Gasteiger partial charge in [0, 0.05) is 11.8 Å². The summed E-state index contributed by atoms with van der Waals surface area (Å²) in [6, 6.07) is 0. The van der Waals surface area contributed by atoms with Gasteiger partial charge in [0.05, 0.1) is 28.6 Å². The highest BCUT2D eigenvalue weighted by atomic mass is 19.4. The minimum absolute atomic E-state index is 0.00470. The van der Waals surface area contributed by atoms with Crippen LogP contribution in [0.25, 0.3) is 0 Å². The zero-order chi connectivity index (χ0) is 61.0. The third-order valence-corrected chi connectivity index (χ3v) is 16.0. The second-order valence-corrected chi connectivity index (χ2v) is 26.8. The third kappa shape index (κ3) is 14.8. The molecule has 24 heteroatoms. The summed E-state index contributed by atoms with van der Waals surface area (Å²) in [4.78, 5) is 97.9. The predicted octanol–water partition coefficient (Wildman–Crippen LogP) is 13.3. The van der Waals surface area contributed by atoms with E-state index in [0.29, 0.717) is 19.3 Å². The van der Waals surface area contributed by atoms with Gasteiger partial charge in [0.1, 0.15) is 28.5 Å². The molecule has 13 unspecified atom stereocenters. The SMILES string of the molecule is CCCCC(C)(CC1C2CC(CC2C(=O)OC(C)(C)C)C1C1C(=O)OC(=O)C1C(C)(CC)C(=O)OC1CC(C(C)(OC(=O)OC(C)(C)C)C(F)(F)F)CC(C(OC(=O)OC(C)(C)C)(C(F)(F)F)C(F)(F)F)C1)C(=O)OC(C)(C)C. The van der Waals surface area contributed by atoms with Crippen LogP contribution in [0.3, 0.4) is 0 Å². The predicted molar refractivity (Wildman–Crippen MR) is 262 cm³/mol. The lowest BCUT2D eigenvalue weighted by molar-refractivity contribution is -0.392. The normalized spacial score (nSPS) is 28.6. The molecule has 0 aromatic rings. The van der Waals surface area contributed by atoms with E-state index in [1.807, 2.05) is 6.92 Å². The van der Waals surface area contributed by atoms with E-state index in [0.717, 1.165) is 27.7 Å². The van der Waals surface area contributed by atoms with Gasteiger partial charge < -0.3 is 37.9 Å². The average molecular weight is 1150 g/mol. The maximum Gasteiger partial charge on any atom is 0.510 e. The van der Waals surface area contributed by atoms with Crippen molar-refractivity contribution in [3.63, 3.8) is 0 Å². The second kappa shape index (κ2) is 22.7. The molecular weight excluding hydrogens is 1070 g/mol. The fourth-order valence-electron chi connectivity index (χ4n) is 12.3. The first-order valence-corrected chi connectivity index (χ1v) is 26.9. The highest BCUT2D eigenvalue weighted by Crippen LogP contribution is 2.65. The molecule has 4 fully saturated rings. The van der Waals surface area contributed by atoms with Crippen LogP contribution in [0.1, 0.15) is 182 Å². The molecule has 4 rings (SSSR count). The first kappa shape index (κ1) is 67.0. The van der Waals surface area contributed by atoms with E-state index in [1.54, 1.807) is 48.5 Å². The van der Waals surface area contributed by atoms with Crippen LogP contribution >= 0.6 is 0 Å². The Bertz CT molecular complexity index is 2260. The van der Waals surface area contributed by atoms with Crippen LogP contribution in [0.5, 0.6) is 0 Å². The lowest BCUT2D eigenvalue weighted by atomic mass is 9.58. The summed E-state index contributed by atoms with van der Waals surface area (Å²) in [7, 11) is 0. The smallest absolute Gasteiger partial charge is 0.462 e. The molecular formula is C55H81F9O15. The van der Waals surface area contributed by atoms with Crippen LogP contribution < -0.4 is 0 Å². The number of alkyl halides is 9. The zero-order valence-corrected chi connectivity index (χ0v) is 48.4. The molecule has 3 saturated carbocycles. The number of carbonyl (C=O) groups excluding carboxylic acids is 7. The minimum atomic E-state index is -6.67. The summed E-state index contributed by atoms with van der Waals surface area (Å²) < 4.78 is 181. The Kier molecular flexibility index (Phi) is 19.2. The van der Waals surface area contributed by atoms with Gasteiger partial charge in [-0.15, -0.1) is 0 Å². The van der Waals surface area contributed by atoms with Gasteiger partial charge in [-0.05, 0) is 179 Å². The fourth-order valence-corrected chi connectivity index (χ4v) is 12.3. The second-order valence-electron chi connectivity index (χ2n) is 26.8. The van der Waals surface area contributed by atoms with Gasteiger partial charge in [-0.3, -0.25) is 24.0 Å². The summed E-state index contributed by atoms with van der Waals surface area (Å²) in [5.41, 5.74) is -18.4. The topological polar surface area (TPSA) is 193 Å². The van der Waals surface area contributed by atoms with Crippen LogP contribution in [-0.4, -0.2) is 100 Å². The Balaban J connectivity index is 1.93. The number of esters is 5. The Morgan fingerprint density at radius 1 is 0.557 bits per heavy atom. The molecule has 1 saturated heterocycles. The van der Waals surface area contributed by atoms with E-state index in [-0.39, 0.29) is 26.2 Å². The summed E-state index contributed by atoms with van der Waals surface area (Å²) >= 11 is 0. The van der Waals surface area contributed by atoms with Crippen LogP contribution in [0, 0.1) is 64.1 Å². The molecule has 0 N–H and O–H groups in total. The van der Waals surface area contributed by atoms with Crippen molar-refractivity contribution in [3.05, 3.63) is 0 Å². The van der Waals surface area contributed by atoms with Crippen molar-refractivity contribution >= 4 is 42.2 Å². The number of fused-ring (bicyclic) bond motifs is 2. The van der Waals surface area contributed by atoms with Crippen molar-refractivity contribution in [1.82, 2.24) is 0 Å². The number of unbranched alkanes of at least 4 members (excludes halogenated alkanes) is 1. The molecule has 0 radical (unpaired) electrons. The van der Waals surface area contributed by atoms with Gasteiger partial charge in [-0.2, -0.15) is 39.5 Å². The van der Waals surface area contributed by atoms with Gasteiger partial charge in [0.2, 0.25) is 5.60 Å². The maximum absolute atomic E-state index is 15.5. The molecule has 0 amide bonds. The van der Waals surface area contributed by atoms with Crippen molar-refractivity contribution in [1.29, 1.82) is 0 Å². The number of cyclic esters (lactones) is 2. The highest BCUT2D eigenvalue weighted by Gasteiger charge is 2.79. The van der Waals surface area contributed by atoms with E-state index < -0.39 is 190 Å². The van der Waals surface area contributed by atoms with E-state index in [9.17, 15) is 28.8 Å². The first-order valence-electron chi connectivity index (χ1n) is 26.9. The minimum Gasteiger partial charge on any atom is -0.462 e. The molecule has 454 valence electrons. The molecule has 4 aliphatic rings. The largest absolute Gasteiger partial charge is 0.510 e.